The molecule has 0 aliphatic carbocycles. The lowest BCUT2D eigenvalue weighted by Crippen LogP contribution is -2.42. The quantitative estimate of drug-likeness (QED) is 0.758. The van der Waals surface area contributed by atoms with Gasteiger partial charge in [-0.05, 0) is 50.6 Å². The van der Waals surface area contributed by atoms with Crippen LogP contribution in [0.5, 0.6) is 0 Å². The van der Waals surface area contributed by atoms with Crippen LogP contribution in [0, 0.1) is 0 Å². The van der Waals surface area contributed by atoms with E-state index in [2.05, 4.69) is 19.7 Å². The van der Waals surface area contributed by atoms with Crippen molar-refractivity contribution in [1.82, 2.24) is 24.6 Å². The molecular formula is C22H27N5O. The minimum Gasteiger partial charge on any atom is -0.351 e. The van der Waals surface area contributed by atoms with Gasteiger partial charge in [-0.25, -0.2) is 0 Å². The van der Waals surface area contributed by atoms with E-state index in [9.17, 15) is 4.79 Å². The topological polar surface area (TPSA) is 57.2 Å². The summed E-state index contributed by atoms with van der Waals surface area (Å²) in [6, 6.07) is 12.3. The van der Waals surface area contributed by atoms with Crippen LogP contribution in [-0.4, -0.2) is 56.7 Å². The number of likely N-dealkylation sites (tertiary alicyclic amines) is 1. The number of hydrogen-bond acceptors (Lipinski definition) is 3. The van der Waals surface area contributed by atoms with Crippen LogP contribution in [0.2, 0.25) is 0 Å². The summed E-state index contributed by atoms with van der Waals surface area (Å²) >= 11 is 0. The molecule has 28 heavy (non-hydrogen) atoms. The SMILES string of the molecule is O=C(c1cc2ccccc2[nH]1)N1Cc2ccnn2[C@@H](CCN2CCCCC2)C1. The van der Waals surface area contributed by atoms with Crippen molar-refractivity contribution in [2.45, 2.75) is 38.3 Å². The third kappa shape index (κ3) is 3.33. The van der Waals surface area contributed by atoms with E-state index in [0.29, 0.717) is 12.2 Å². The molecular weight excluding hydrogens is 350 g/mol. The Morgan fingerprint density at radius 1 is 1.14 bits per heavy atom. The maximum absolute atomic E-state index is 13.2. The van der Waals surface area contributed by atoms with E-state index in [0.717, 1.165) is 36.1 Å². The summed E-state index contributed by atoms with van der Waals surface area (Å²) in [6.07, 6.45) is 6.87. The Balaban J connectivity index is 1.33. The first-order chi connectivity index (χ1) is 13.8. The molecule has 6 nitrogen and oxygen atoms in total. The Labute approximate surface area is 165 Å². The molecule has 0 bridgehead atoms. The van der Waals surface area contributed by atoms with Crippen LogP contribution < -0.4 is 0 Å². The van der Waals surface area contributed by atoms with Crippen LogP contribution in [-0.2, 0) is 6.54 Å². The standard InChI is InChI=1S/C22H27N5O/c28-22(21-14-17-6-2-3-7-20(17)24-21)26-15-18-8-10-23-27(18)19(16-26)9-13-25-11-4-1-5-12-25/h2-3,6-8,10,14,19,24H,1,4-5,9,11-13,15-16H2/t19-/m0/s1. The van der Waals surface area contributed by atoms with Gasteiger partial charge in [0, 0.05) is 30.2 Å². The smallest absolute Gasteiger partial charge is 0.270 e. The molecule has 2 aromatic heterocycles. The number of aromatic amines is 1. The fourth-order valence-corrected chi connectivity index (χ4v) is 4.63. The number of H-pyrrole nitrogens is 1. The predicted octanol–water partition coefficient (Wildman–Crippen LogP) is 3.44. The lowest BCUT2D eigenvalue weighted by atomic mass is 10.1. The van der Waals surface area contributed by atoms with Gasteiger partial charge in [0.2, 0.25) is 0 Å². The van der Waals surface area contributed by atoms with Crippen molar-refractivity contribution in [3.05, 3.63) is 54.0 Å². The summed E-state index contributed by atoms with van der Waals surface area (Å²) in [5, 5.41) is 5.63. The van der Waals surface area contributed by atoms with Crippen molar-refractivity contribution in [3.63, 3.8) is 0 Å². The summed E-state index contributed by atoms with van der Waals surface area (Å²) < 4.78 is 2.14. The molecule has 0 radical (unpaired) electrons. The molecule has 0 spiro atoms. The molecule has 5 rings (SSSR count). The highest BCUT2D eigenvalue weighted by atomic mass is 16.2. The molecule has 1 saturated heterocycles. The first-order valence-electron chi connectivity index (χ1n) is 10.4. The van der Waals surface area contributed by atoms with E-state index in [4.69, 9.17) is 0 Å². The highest BCUT2D eigenvalue weighted by Crippen LogP contribution is 2.26. The van der Waals surface area contributed by atoms with E-state index in [1.165, 1.54) is 32.4 Å². The number of amides is 1. The first-order valence-corrected chi connectivity index (χ1v) is 10.4. The van der Waals surface area contributed by atoms with Gasteiger partial charge in [-0.3, -0.25) is 9.48 Å². The summed E-state index contributed by atoms with van der Waals surface area (Å²) in [5.74, 6) is 0.0756. The second kappa shape index (κ2) is 7.43. The van der Waals surface area contributed by atoms with Gasteiger partial charge in [0.25, 0.3) is 5.91 Å². The van der Waals surface area contributed by atoms with Crippen molar-refractivity contribution in [2.75, 3.05) is 26.2 Å². The van der Waals surface area contributed by atoms with Crippen LogP contribution in [0.15, 0.2) is 42.6 Å². The van der Waals surface area contributed by atoms with E-state index < -0.39 is 0 Å². The molecule has 1 amide bonds. The summed E-state index contributed by atoms with van der Waals surface area (Å²) in [4.78, 5) is 21.0. The maximum Gasteiger partial charge on any atom is 0.270 e. The zero-order valence-corrected chi connectivity index (χ0v) is 16.2. The summed E-state index contributed by atoms with van der Waals surface area (Å²) in [7, 11) is 0. The normalized spacial score (nSPS) is 20.4. The molecule has 6 heteroatoms. The highest BCUT2D eigenvalue weighted by Gasteiger charge is 2.30. The fourth-order valence-electron chi connectivity index (χ4n) is 4.63. The fraction of sp³-hybridized carbons (Fsp3) is 0.455. The number of carbonyl (C=O) groups is 1. The molecule has 1 atom stereocenters. The number of benzene rings is 1. The second-order valence-corrected chi connectivity index (χ2v) is 8.07. The van der Waals surface area contributed by atoms with E-state index >= 15 is 0 Å². The Bertz CT molecular complexity index is 935. The number of hydrogen-bond donors (Lipinski definition) is 1. The first kappa shape index (κ1) is 17.5. The van der Waals surface area contributed by atoms with Gasteiger partial charge in [-0.15, -0.1) is 0 Å². The minimum atomic E-state index is 0.0756. The van der Waals surface area contributed by atoms with Gasteiger partial charge in [0.1, 0.15) is 5.69 Å². The number of carbonyl (C=O) groups excluding carboxylic acids is 1. The van der Waals surface area contributed by atoms with E-state index in [1.807, 2.05) is 47.5 Å². The molecule has 3 aromatic rings. The van der Waals surface area contributed by atoms with Gasteiger partial charge >= 0.3 is 0 Å². The average molecular weight is 377 g/mol. The van der Waals surface area contributed by atoms with Crippen LogP contribution in [0.3, 0.4) is 0 Å². The van der Waals surface area contributed by atoms with Crippen molar-refractivity contribution in [1.29, 1.82) is 0 Å². The van der Waals surface area contributed by atoms with Crippen molar-refractivity contribution in [3.8, 4) is 0 Å². The molecule has 2 aliphatic rings. The highest BCUT2D eigenvalue weighted by molar-refractivity contribution is 5.98. The summed E-state index contributed by atoms with van der Waals surface area (Å²) in [6.45, 7) is 4.83. The van der Waals surface area contributed by atoms with E-state index in [1.54, 1.807) is 0 Å². The van der Waals surface area contributed by atoms with Gasteiger partial charge in [0.15, 0.2) is 0 Å². The lowest BCUT2D eigenvalue weighted by molar-refractivity contribution is 0.0649. The van der Waals surface area contributed by atoms with Crippen LogP contribution in [0.25, 0.3) is 10.9 Å². The number of nitrogens with zero attached hydrogens (tertiary/aromatic N) is 4. The van der Waals surface area contributed by atoms with Gasteiger partial charge in [0.05, 0.1) is 18.3 Å². The third-order valence-corrected chi connectivity index (χ3v) is 6.16. The molecule has 2 aliphatic heterocycles. The predicted molar refractivity (Wildman–Crippen MR) is 109 cm³/mol. The second-order valence-electron chi connectivity index (χ2n) is 8.07. The Morgan fingerprint density at radius 2 is 2.00 bits per heavy atom. The number of aromatic nitrogens is 3. The number of nitrogens with one attached hydrogen (secondary N) is 1. The molecule has 146 valence electrons. The number of para-hydroxylation sites is 1. The Hall–Kier alpha value is -2.60. The molecule has 1 aromatic carbocycles. The Morgan fingerprint density at radius 3 is 2.86 bits per heavy atom. The van der Waals surface area contributed by atoms with Crippen molar-refractivity contribution in [2.24, 2.45) is 0 Å². The zero-order valence-electron chi connectivity index (χ0n) is 16.2. The number of fused-ring (bicyclic) bond motifs is 2. The van der Waals surface area contributed by atoms with Crippen LogP contribution in [0.4, 0.5) is 0 Å². The molecule has 1 N–H and O–H groups in total. The maximum atomic E-state index is 13.2. The lowest BCUT2D eigenvalue weighted by Gasteiger charge is -2.35. The molecule has 0 saturated carbocycles. The van der Waals surface area contributed by atoms with Gasteiger partial charge in [-0.1, -0.05) is 24.6 Å². The molecule has 4 heterocycles. The number of piperidine rings is 1. The summed E-state index contributed by atoms with van der Waals surface area (Å²) in [5.41, 5.74) is 2.80. The van der Waals surface area contributed by atoms with Gasteiger partial charge < -0.3 is 14.8 Å². The zero-order chi connectivity index (χ0) is 18.9. The van der Waals surface area contributed by atoms with Crippen molar-refractivity contribution < 1.29 is 4.79 Å². The van der Waals surface area contributed by atoms with Crippen LogP contribution in [0.1, 0.15) is 47.9 Å². The largest absolute Gasteiger partial charge is 0.351 e. The average Bonchev–Trinajstić information content (AvgIpc) is 3.39. The number of rotatable bonds is 4. The molecule has 1 fully saturated rings. The van der Waals surface area contributed by atoms with E-state index in [-0.39, 0.29) is 11.9 Å². The van der Waals surface area contributed by atoms with Crippen molar-refractivity contribution >= 4 is 16.8 Å². The Kier molecular flexibility index (Phi) is 4.64. The monoisotopic (exact) mass is 377 g/mol. The van der Waals surface area contributed by atoms with Crippen LogP contribution >= 0.6 is 0 Å². The molecule has 0 unspecified atom stereocenters. The minimum absolute atomic E-state index is 0.0756. The third-order valence-electron chi connectivity index (χ3n) is 6.16. The van der Waals surface area contributed by atoms with Gasteiger partial charge in [-0.2, -0.15) is 5.10 Å².